The first kappa shape index (κ1) is 23.9. The summed E-state index contributed by atoms with van der Waals surface area (Å²) in [6.07, 6.45) is -0.104. The molecule has 0 heterocycles. The molecule has 0 saturated carbocycles. The Labute approximate surface area is 183 Å². The SMILES string of the molecule is Cc1ccc(CC(=O)Nc2cccc(CNC(=O)CCNC(=O)OC(C)(C)C)c2)cc1. The van der Waals surface area contributed by atoms with Gasteiger partial charge in [0.05, 0.1) is 6.42 Å². The van der Waals surface area contributed by atoms with Gasteiger partial charge in [-0.25, -0.2) is 4.79 Å². The molecule has 2 aromatic carbocycles. The van der Waals surface area contributed by atoms with E-state index in [1.807, 2.05) is 55.5 Å². The van der Waals surface area contributed by atoms with Crippen LogP contribution in [-0.4, -0.2) is 30.1 Å². The van der Waals surface area contributed by atoms with E-state index < -0.39 is 11.7 Å². The standard InChI is InChI=1S/C24H31N3O4/c1-17-8-10-18(11-9-17)15-22(29)27-20-7-5-6-19(14-20)16-26-21(28)12-13-25-23(30)31-24(2,3)4/h5-11,14H,12-13,15-16H2,1-4H3,(H,25,30)(H,26,28)(H,27,29). The molecule has 2 aromatic rings. The third kappa shape index (κ3) is 9.80. The summed E-state index contributed by atoms with van der Waals surface area (Å²) in [7, 11) is 0. The molecule has 0 unspecified atom stereocenters. The third-order valence-corrected chi connectivity index (χ3v) is 4.21. The molecule has 0 spiro atoms. The van der Waals surface area contributed by atoms with Crippen molar-refractivity contribution in [1.82, 2.24) is 10.6 Å². The molecular formula is C24H31N3O4. The van der Waals surface area contributed by atoms with E-state index in [9.17, 15) is 14.4 Å². The maximum atomic E-state index is 12.3. The molecule has 31 heavy (non-hydrogen) atoms. The van der Waals surface area contributed by atoms with Crippen molar-refractivity contribution in [1.29, 1.82) is 0 Å². The highest BCUT2D eigenvalue weighted by Gasteiger charge is 2.15. The molecule has 0 aliphatic rings. The second-order valence-electron chi connectivity index (χ2n) is 8.37. The zero-order valence-electron chi connectivity index (χ0n) is 18.6. The first-order valence-corrected chi connectivity index (χ1v) is 10.3. The van der Waals surface area contributed by atoms with Crippen molar-refractivity contribution in [3.63, 3.8) is 0 Å². The van der Waals surface area contributed by atoms with Gasteiger partial charge in [0.25, 0.3) is 0 Å². The fourth-order valence-corrected chi connectivity index (χ4v) is 2.74. The molecule has 0 aliphatic carbocycles. The Balaban J connectivity index is 1.75. The maximum absolute atomic E-state index is 12.3. The maximum Gasteiger partial charge on any atom is 0.407 e. The molecule has 0 aliphatic heterocycles. The first-order chi connectivity index (χ1) is 14.6. The van der Waals surface area contributed by atoms with Gasteiger partial charge in [0.15, 0.2) is 0 Å². The quantitative estimate of drug-likeness (QED) is 0.601. The summed E-state index contributed by atoms with van der Waals surface area (Å²) in [5.41, 5.74) is 3.07. The van der Waals surface area contributed by atoms with E-state index in [4.69, 9.17) is 4.74 Å². The molecule has 0 fully saturated rings. The Morgan fingerprint density at radius 3 is 2.29 bits per heavy atom. The molecule has 7 nitrogen and oxygen atoms in total. The Morgan fingerprint density at radius 2 is 1.61 bits per heavy atom. The summed E-state index contributed by atoms with van der Waals surface area (Å²) in [5.74, 6) is -0.289. The highest BCUT2D eigenvalue weighted by Crippen LogP contribution is 2.12. The van der Waals surface area contributed by atoms with E-state index in [1.54, 1.807) is 20.8 Å². The van der Waals surface area contributed by atoms with E-state index >= 15 is 0 Å². The molecule has 0 aromatic heterocycles. The van der Waals surface area contributed by atoms with Gasteiger partial charge in [-0.15, -0.1) is 0 Å². The van der Waals surface area contributed by atoms with Gasteiger partial charge in [-0.05, 0) is 51.0 Å². The lowest BCUT2D eigenvalue weighted by Gasteiger charge is -2.19. The minimum absolute atomic E-state index is 0.0988. The van der Waals surface area contributed by atoms with Crippen molar-refractivity contribution in [2.75, 3.05) is 11.9 Å². The lowest BCUT2D eigenvalue weighted by molar-refractivity contribution is -0.121. The fourth-order valence-electron chi connectivity index (χ4n) is 2.74. The van der Waals surface area contributed by atoms with Crippen LogP contribution in [0.2, 0.25) is 0 Å². The van der Waals surface area contributed by atoms with Crippen molar-refractivity contribution in [3.05, 3.63) is 65.2 Å². The van der Waals surface area contributed by atoms with Crippen LogP contribution < -0.4 is 16.0 Å². The van der Waals surface area contributed by atoms with Crippen LogP contribution in [0.4, 0.5) is 10.5 Å². The summed E-state index contributed by atoms with van der Waals surface area (Å²) in [5, 5.41) is 8.24. The number of anilines is 1. The molecular weight excluding hydrogens is 394 g/mol. The average molecular weight is 426 g/mol. The summed E-state index contributed by atoms with van der Waals surface area (Å²) in [4.78, 5) is 35.9. The minimum Gasteiger partial charge on any atom is -0.444 e. The van der Waals surface area contributed by atoms with Gasteiger partial charge in [-0.2, -0.15) is 0 Å². The minimum atomic E-state index is -0.576. The highest BCUT2D eigenvalue weighted by atomic mass is 16.6. The van der Waals surface area contributed by atoms with Crippen molar-refractivity contribution < 1.29 is 19.1 Å². The van der Waals surface area contributed by atoms with Gasteiger partial charge in [-0.3, -0.25) is 9.59 Å². The second-order valence-corrected chi connectivity index (χ2v) is 8.37. The van der Waals surface area contributed by atoms with Crippen molar-refractivity contribution >= 4 is 23.6 Å². The lowest BCUT2D eigenvalue weighted by atomic mass is 10.1. The van der Waals surface area contributed by atoms with Crippen LogP contribution in [-0.2, 0) is 27.3 Å². The van der Waals surface area contributed by atoms with Crippen LogP contribution in [0.3, 0.4) is 0 Å². The fraction of sp³-hybridized carbons (Fsp3) is 0.375. The second kappa shape index (κ2) is 11.2. The molecule has 3 amide bonds. The summed E-state index contributed by atoms with van der Waals surface area (Å²) in [6.45, 7) is 7.85. The van der Waals surface area contributed by atoms with Crippen molar-refractivity contribution in [2.24, 2.45) is 0 Å². The van der Waals surface area contributed by atoms with Crippen LogP contribution in [0.5, 0.6) is 0 Å². The van der Waals surface area contributed by atoms with E-state index in [-0.39, 0.29) is 24.8 Å². The number of nitrogens with one attached hydrogen (secondary N) is 3. The molecule has 166 valence electrons. The number of ether oxygens (including phenoxy) is 1. The van der Waals surface area contributed by atoms with Gasteiger partial charge >= 0.3 is 6.09 Å². The normalized spacial score (nSPS) is 10.8. The highest BCUT2D eigenvalue weighted by molar-refractivity contribution is 5.92. The van der Waals surface area contributed by atoms with Gasteiger partial charge in [0, 0.05) is 25.2 Å². The molecule has 2 rings (SSSR count). The van der Waals surface area contributed by atoms with E-state index in [2.05, 4.69) is 16.0 Å². The van der Waals surface area contributed by atoms with Gasteiger partial charge in [-0.1, -0.05) is 42.0 Å². The van der Waals surface area contributed by atoms with Crippen molar-refractivity contribution in [2.45, 2.75) is 52.7 Å². The van der Waals surface area contributed by atoms with E-state index in [0.29, 0.717) is 18.7 Å². The Bertz CT molecular complexity index is 902. The zero-order valence-corrected chi connectivity index (χ0v) is 18.6. The number of carbonyl (C=O) groups excluding carboxylic acids is 3. The molecule has 0 atom stereocenters. The molecule has 3 N–H and O–H groups in total. The Kier molecular flexibility index (Phi) is 8.61. The summed E-state index contributed by atoms with van der Waals surface area (Å²) in [6, 6.07) is 15.2. The number of aryl methyl sites for hydroxylation is 1. The van der Waals surface area contributed by atoms with Gasteiger partial charge in [0.2, 0.25) is 11.8 Å². The topological polar surface area (TPSA) is 96.5 Å². The number of hydrogen-bond donors (Lipinski definition) is 3. The van der Waals surface area contributed by atoms with Crippen LogP contribution in [0, 0.1) is 6.92 Å². The summed E-state index contributed by atoms with van der Waals surface area (Å²) >= 11 is 0. The smallest absolute Gasteiger partial charge is 0.407 e. The van der Waals surface area contributed by atoms with E-state index in [0.717, 1.165) is 16.7 Å². The number of rotatable bonds is 8. The Morgan fingerprint density at radius 1 is 0.903 bits per heavy atom. The van der Waals surface area contributed by atoms with Gasteiger partial charge < -0.3 is 20.7 Å². The zero-order chi connectivity index (χ0) is 22.9. The lowest BCUT2D eigenvalue weighted by Crippen LogP contribution is -2.35. The van der Waals surface area contributed by atoms with Crippen LogP contribution in [0.1, 0.15) is 43.9 Å². The van der Waals surface area contributed by atoms with Crippen molar-refractivity contribution in [3.8, 4) is 0 Å². The van der Waals surface area contributed by atoms with Crippen LogP contribution in [0.15, 0.2) is 48.5 Å². The molecule has 0 radical (unpaired) electrons. The number of alkyl carbamates (subject to hydrolysis) is 1. The summed E-state index contributed by atoms with van der Waals surface area (Å²) < 4.78 is 5.12. The number of benzene rings is 2. The molecule has 0 bridgehead atoms. The predicted molar refractivity (Wildman–Crippen MR) is 121 cm³/mol. The Hall–Kier alpha value is -3.35. The van der Waals surface area contributed by atoms with Crippen LogP contribution in [0.25, 0.3) is 0 Å². The van der Waals surface area contributed by atoms with E-state index in [1.165, 1.54) is 0 Å². The largest absolute Gasteiger partial charge is 0.444 e. The van der Waals surface area contributed by atoms with Crippen LogP contribution >= 0.6 is 0 Å². The van der Waals surface area contributed by atoms with Gasteiger partial charge in [0.1, 0.15) is 5.60 Å². The monoisotopic (exact) mass is 425 g/mol. The number of amides is 3. The number of hydrogen-bond acceptors (Lipinski definition) is 4. The predicted octanol–water partition coefficient (Wildman–Crippen LogP) is 3.71. The third-order valence-electron chi connectivity index (χ3n) is 4.21. The first-order valence-electron chi connectivity index (χ1n) is 10.3. The molecule has 7 heteroatoms. The number of carbonyl (C=O) groups is 3. The molecule has 0 saturated heterocycles. The average Bonchev–Trinajstić information content (AvgIpc) is 2.67.